The van der Waals surface area contributed by atoms with Gasteiger partial charge in [0.15, 0.2) is 0 Å². The fourth-order valence-corrected chi connectivity index (χ4v) is 3.07. The summed E-state index contributed by atoms with van der Waals surface area (Å²) in [4.78, 5) is 0. The van der Waals surface area contributed by atoms with E-state index in [-0.39, 0.29) is 23.7 Å². The van der Waals surface area contributed by atoms with Gasteiger partial charge in [0.05, 0.1) is 6.54 Å². The maximum atomic E-state index is 12.1. The van der Waals surface area contributed by atoms with Gasteiger partial charge in [0.2, 0.25) is 5.09 Å². The lowest BCUT2D eigenvalue weighted by atomic mass is 10.0. The molecule has 0 spiro atoms. The maximum absolute atomic E-state index is 12.1. The van der Waals surface area contributed by atoms with Crippen LogP contribution in [0.5, 0.6) is 0 Å². The molecule has 0 saturated carbocycles. The fourth-order valence-electron chi connectivity index (χ4n) is 1.70. The van der Waals surface area contributed by atoms with Crippen molar-refractivity contribution in [3.8, 4) is 0 Å². The van der Waals surface area contributed by atoms with Crippen molar-refractivity contribution < 1.29 is 17.9 Å². The summed E-state index contributed by atoms with van der Waals surface area (Å²) in [5.74, 6) is 0.653. The second-order valence-corrected chi connectivity index (χ2v) is 6.38. The van der Waals surface area contributed by atoms with Crippen LogP contribution in [0.3, 0.4) is 0 Å². The molecule has 19 heavy (non-hydrogen) atoms. The molecular weight excluding hydrogens is 268 g/mol. The third-order valence-corrected chi connectivity index (χ3v) is 4.17. The standard InChI is InChI=1S/C12H22N2O4S/c1-9(2)11(6-7-15)14-19(16,17)12-5-4-10(18-12)8-13-3/h4-5,9,11,13-15H,6-8H2,1-3H3. The predicted octanol–water partition coefficient (Wildman–Crippen LogP) is 0.684. The number of aliphatic hydroxyl groups is 1. The van der Waals surface area contributed by atoms with Gasteiger partial charge in [0.25, 0.3) is 10.0 Å². The highest BCUT2D eigenvalue weighted by Crippen LogP contribution is 2.16. The Labute approximate surface area is 114 Å². The van der Waals surface area contributed by atoms with Gasteiger partial charge in [0, 0.05) is 12.6 Å². The Morgan fingerprint density at radius 2 is 2.05 bits per heavy atom. The average molecular weight is 290 g/mol. The van der Waals surface area contributed by atoms with Crippen molar-refractivity contribution in [3.05, 3.63) is 17.9 Å². The van der Waals surface area contributed by atoms with Crippen LogP contribution in [0, 0.1) is 5.92 Å². The first-order valence-electron chi connectivity index (χ1n) is 6.27. The van der Waals surface area contributed by atoms with Crippen LogP contribution in [0.1, 0.15) is 26.0 Å². The van der Waals surface area contributed by atoms with Crippen LogP contribution >= 0.6 is 0 Å². The van der Waals surface area contributed by atoms with Gasteiger partial charge in [-0.05, 0) is 31.5 Å². The highest BCUT2D eigenvalue weighted by Gasteiger charge is 2.24. The second-order valence-electron chi connectivity index (χ2n) is 4.74. The first-order chi connectivity index (χ1) is 8.90. The van der Waals surface area contributed by atoms with Crippen molar-refractivity contribution in [1.29, 1.82) is 0 Å². The van der Waals surface area contributed by atoms with E-state index in [1.807, 2.05) is 13.8 Å². The van der Waals surface area contributed by atoms with Gasteiger partial charge in [0.1, 0.15) is 5.76 Å². The molecule has 6 nitrogen and oxygen atoms in total. The summed E-state index contributed by atoms with van der Waals surface area (Å²) in [6, 6.07) is 2.75. The van der Waals surface area contributed by atoms with Crippen molar-refractivity contribution >= 4 is 10.0 Å². The van der Waals surface area contributed by atoms with Crippen molar-refractivity contribution in [3.63, 3.8) is 0 Å². The molecule has 110 valence electrons. The minimum Gasteiger partial charge on any atom is -0.447 e. The Morgan fingerprint density at radius 3 is 2.58 bits per heavy atom. The van der Waals surface area contributed by atoms with E-state index in [4.69, 9.17) is 9.52 Å². The molecule has 1 atom stereocenters. The quantitative estimate of drug-likeness (QED) is 0.655. The highest BCUT2D eigenvalue weighted by atomic mass is 32.2. The number of hydrogen-bond donors (Lipinski definition) is 3. The molecule has 1 aromatic rings. The van der Waals surface area contributed by atoms with Crippen molar-refractivity contribution in [2.45, 2.75) is 37.9 Å². The summed E-state index contributed by atoms with van der Waals surface area (Å²) in [6.07, 6.45) is 0.376. The van der Waals surface area contributed by atoms with Crippen molar-refractivity contribution in [2.24, 2.45) is 5.92 Å². The summed E-state index contributed by atoms with van der Waals surface area (Å²) in [5.41, 5.74) is 0. The van der Waals surface area contributed by atoms with Gasteiger partial charge in [-0.15, -0.1) is 0 Å². The number of rotatable bonds is 8. The molecule has 1 rings (SSSR count). The fraction of sp³-hybridized carbons (Fsp3) is 0.667. The van der Waals surface area contributed by atoms with E-state index in [1.165, 1.54) is 6.07 Å². The summed E-state index contributed by atoms with van der Waals surface area (Å²) in [5, 5.41) is 11.8. The van der Waals surface area contributed by atoms with Gasteiger partial charge in [-0.2, -0.15) is 0 Å². The second kappa shape index (κ2) is 7.04. The number of hydrogen-bond acceptors (Lipinski definition) is 5. The Hall–Kier alpha value is -0.890. The average Bonchev–Trinajstić information content (AvgIpc) is 2.78. The van der Waals surface area contributed by atoms with Crippen LogP contribution in [0.25, 0.3) is 0 Å². The van der Waals surface area contributed by atoms with E-state index in [0.717, 1.165) is 0 Å². The maximum Gasteiger partial charge on any atom is 0.274 e. The van der Waals surface area contributed by atoms with Crippen LogP contribution in [0.4, 0.5) is 0 Å². The molecule has 0 bridgehead atoms. The third-order valence-electron chi connectivity index (χ3n) is 2.80. The Kier molecular flexibility index (Phi) is 5.99. The van der Waals surface area contributed by atoms with Crippen LogP contribution in [-0.2, 0) is 16.6 Å². The number of sulfonamides is 1. The minimum absolute atomic E-state index is 0.0610. The highest BCUT2D eigenvalue weighted by molar-refractivity contribution is 7.89. The number of nitrogens with one attached hydrogen (secondary N) is 2. The predicted molar refractivity (Wildman–Crippen MR) is 72.1 cm³/mol. The zero-order valence-electron chi connectivity index (χ0n) is 11.5. The van der Waals surface area contributed by atoms with Gasteiger partial charge in [-0.3, -0.25) is 0 Å². The summed E-state index contributed by atoms with van der Waals surface area (Å²) in [6.45, 7) is 4.21. The number of aliphatic hydroxyl groups excluding tert-OH is 1. The van der Waals surface area contributed by atoms with Crippen LogP contribution in [0.15, 0.2) is 21.6 Å². The summed E-state index contributed by atoms with van der Waals surface area (Å²) >= 11 is 0. The lowest BCUT2D eigenvalue weighted by Crippen LogP contribution is -2.39. The molecule has 7 heteroatoms. The summed E-state index contributed by atoms with van der Waals surface area (Å²) in [7, 11) is -1.92. The molecule has 1 heterocycles. The van der Waals surface area contributed by atoms with Gasteiger partial charge in [-0.25, -0.2) is 13.1 Å². The molecule has 0 saturated heterocycles. The molecule has 3 N–H and O–H groups in total. The van der Waals surface area contributed by atoms with Gasteiger partial charge >= 0.3 is 0 Å². The normalized spacial score (nSPS) is 13.9. The zero-order valence-corrected chi connectivity index (χ0v) is 12.3. The first kappa shape index (κ1) is 16.2. The first-order valence-corrected chi connectivity index (χ1v) is 7.75. The van der Waals surface area contributed by atoms with Gasteiger partial charge in [-0.1, -0.05) is 13.8 Å². The van der Waals surface area contributed by atoms with Gasteiger partial charge < -0.3 is 14.8 Å². The number of furan rings is 1. The summed E-state index contributed by atoms with van der Waals surface area (Å²) < 4.78 is 32.1. The van der Waals surface area contributed by atoms with E-state index in [2.05, 4.69) is 10.0 Å². The van der Waals surface area contributed by atoms with Crippen LogP contribution < -0.4 is 10.0 Å². The topological polar surface area (TPSA) is 91.6 Å². The van der Waals surface area contributed by atoms with E-state index >= 15 is 0 Å². The van der Waals surface area contributed by atoms with Crippen molar-refractivity contribution in [1.82, 2.24) is 10.0 Å². The minimum atomic E-state index is -3.68. The molecule has 1 unspecified atom stereocenters. The van der Waals surface area contributed by atoms with E-state index < -0.39 is 10.0 Å². The molecule has 0 amide bonds. The molecule has 0 aromatic carbocycles. The van der Waals surface area contributed by atoms with E-state index in [0.29, 0.717) is 18.7 Å². The Bertz CT molecular complexity index is 482. The molecule has 0 radical (unpaired) electrons. The van der Waals surface area contributed by atoms with Crippen molar-refractivity contribution in [2.75, 3.05) is 13.7 Å². The van der Waals surface area contributed by atoms with E-state index in [9.17, 15) is 8.42 Å². The molecule has 0 aliphatic rings. The zero-order chi connectivity index (χ0) is 14.5. The molecule has 0 aliphatic carbocycles. The molecule has 0 fully saturated rings. The largest absolute Gasteiger partial charge is 0.447 e. The lowest BCUT2D eigenvalue weighted by molar-refractivity contribution is 0.255. The SMILES string of the molecule is CNCc1ccc(S(=O)(=O)NC(CCO)C(C)C)o1. The molecular formula is C12H22N2O4S. The lowest BCUT2D eigenvalue weighted by Gasteiger charge is -2.20. The Balaban J connectivity index is 2.83. The van der Waals surface area contributed by atoms with E-state index in [1.54, 1.807) is 13.1 Å². The molecule has 1 aromatic heterocycles. The third kappa shape index (κ3) is 4.61. The monoisotopic (exact) mass is 290 g/mol. The van der Waals surface area contributed by atoms with Crippen LogP contribution in [0.2, 0.25) is 0 Å². The smallest absolute Gasteiger partial charge is 0.274 e. The van der Waals surface area contributed by atoms with Crippen LogP contribution in [-0.4, -0.2) is 33.2 Å². The molecule has 0 aliphatic heterocycles. The Morgan fingerprint density at radius 1 is 1.37 bits per heavy atom.